The second-order valence-corrected chi connectivity index (χ2v) is 8.98. The van der Waals surface area contributed by atoms with Gasteiger partial charge in [0, 0.05) is 25.3 Å². The molecule has 9 heteroatoms. The molecule has 0 saturated carbocycles. The van der Waals surface area contributed by atoms with E-state index in [-0.39, 0.29) is 22.3 Å². The van der Waals surface area contributed by atoms with Crippen LogP contribution in [0.15, 0.2) is 47.4 Å². The van der Waals surface area contributed by atoms with Gasteiger partial charge in [-0.1, -0.05) is 0 Å². The molecule has 2 aromatic rings. The van der Waals surface area contributed by atoms with Crippen molar-refractivity contribution in [3.63, 3.8) is 0 Å². The zero-order chi connectivity index (χ0) is 21.3. The number of nitrogens with one attached hydrogen (secondary N) is 1. The largest absolute Gasteiger partial charge is 0.454 e. The molecule has 0 saturated heterocycles. The normalized spacial score (nSPS) is 15.7. The van der Waals surface area contributed by atoms with E-state index in [0.29, 0.717) is 11.3 Å². The average molecular weight is 416 g/mol. The van der Waals surface area contributed by atoms with Gasteiger partial charge in [-0.3, -0.25) is 9.59 Å². The zero-order valence-electron chi connectivity index (χ0n) is 16.1. The predicted octanol–water partition coefficient (Wildman–Crippen LogP) is 2.03. The lowest BCUT2D eigenvalue weighted by molar-refractivity contribution is -0.116. The Morgan fingerprint density at radius 2 is 1.69 bits per heavy atom. The van der Waals surface area contributed by atoms with E-state index >= 15 is 0 Å². The van der Waals surface area contributed by atoms with Crippen molar-refractivity contribution in [2.75, 3.05) is 26.0 Å². The molecule has 29 heavy (non-hydrogen) atoms. The van der Waals surface area contributed by atoms with Crippen molar-refractivity contribution in [1.82, 2.24) is 4.31 Å². The molecule has 0 aliphatic carbocycles. The zero-order valence-corrected chi connectivity index (χ0v) is 16.9. The van der Waals surface area contributed by atoms with E-state index in [0.717, 1.165) is 9.87 Å². The third-order valence-corrected chi connectivity index (χ3v) is 6.52. The molecule has 3 rings (SSSR count). The van der Waals surface area contributed by atoms with Crippen LogP contribution in [0.1, 0.15) is 39.1 Å². The van der Waals surface area contributed by atoms with Crippen LogP contribution in [0, 0.1) is 0 Å². The number of amides is 1. The first kappa shape index (κ1) is 20.7. The minimum absolute atomic E-state index is 0.0468. The molecular weight excluding hydrogens is 396 g/mol. The fourth-order valence-electron chi connectivity index (χ4n) is 2.86. The molecule has 1 amide bonds. The van der Waals surface area contributed by atoms with Gasteiger partial charge in [0.25, 0.3) is 0 Å². The first-order valence-corrected chi connectivity index (χ1v) is 10.2. The van der Waals surface area contributed by atoms with Gasteiger partial charge in [-0.2, -0.15) is 0 Å². The smallest absolute Gasteiger partial charge is 0.338 e. The topological polar surface area (TPSA) is 110 Å². The number of nitrogens with zero attached hydrogens (tertiary/aromatic N) is 1. The van der Waals surface area contributed by atoms with Crippen molar-refractivity contribution in [1.29, 1.82) is 0 Å². The van der Waals surface area contributed by atoms with E-state index in [9.17, 15) is 22.8 Å². The highest BCUT2D eigenvalue weighted by molar-refractivity contribution is 7.89. The van der Waals surface area contributed by atoms with Crippen molar-refractivity contribution in [2.45, 2.75) is 17.7 Å². The number of carbonyl (C=O) groups excluding carboxylic acids is 3. The molecule has 0 spiro atoms. The maximum atomic E-state index is 12.4. The Morgan fingerprint density at radius 1 is 1.07 bits per heavy atom. The van der Waals surface area contributed by atoms with Gasteiger partial charge in [0.1, 0.15) is 0 Å². The van der Waals surface area contributed by atoms with Crippen LogP contribution < -0.4 is 5.32 Å². The molecule has 0 radical (unpaired) electrons. The van der Waals surface area contributed by atoms with E-state index in [1.165, 1.54) is 38.4 Å². The maximum Gasteiger partial charge on any atom is 0.338 e. The van der Waals surface area contributed by atoms with Crippen LogP contribution in [0.25, 0.3) is 0 Å². The number of benzene rings is 2. The third kappa shape index (κ3) is 4.06. The number of anilines is 1. The molecule has 0 unspecified atom stereocenters. The Bertz CT molecular complexity index is 1090. The second-order valence-electron chi connectivity index (χ2n) is 6.82. The molecule has 152 valence electrons. The summed E-state index contributed by atoms with van der Waals surface area (Å²) >= 11 is 0. The van der Waals surface area contributed by atoms with E-state index in [1.807, 2.05) is 0 Å². The van der Waals surface area contributed by atoms with E-state index in [2.05, 4.69) is 5.32 Å². The first-order valence-electron chi connectivity index (χ1n) is 8.79. The highest BCUT2D eigenvalue weighted by Gasteiger charge is 2.27. The summed E-state index contributed by atoms with van der Waals surface area (Å²) in [6.07, 6.45) is 0. The van der Waals surface area contributed by atoms with Gasteiger partial charge in [0.05, 0.1) is 16.4 Å². The molecule has 1 atom stereocenters. The molecule has 1 heterocycles. The maximum absolute atomic E-state index is 12.4. The molecule has 8 nitrogen and oxygen atoms in total. The van der Waals surface area contributed by atoms with Crippen LogP contribution in [-0.4, -0.2) is 51.1 Å². The highest BCUT2D eigenvalue weighted by Crippen LogP contribution is 2.32. The highest BCUT2D eigenvalue weighted by atomic mass is 32.2. The number of esters is 1. The summed E-state index contributed by atoms with van der Waals surface area (Å²) in [7, 11) is -0.774. The predicted molar refractivity (Wildman–Crippen MR) is 105 cm³/mol. The van der Waals surface area contributed by atoms with Crippen molar-refractivity contribution in [2.24, 2.45) is 0 Å². The second kappa shape index (κ2) is 7.76. The number of fused-ring (bicyclic) bond motifs is 1. The van der Waals surface area contributed by atoms with Gasteiger partial charge in [0.15, 0.2) is 12.4 Å². The Balaban J connectivity index is 1.65. The van der Waals surface area contributed by atoms with Crippen molar-refractivity contribution < 1.29 is 27.5 Å². The quantitative estimate of drug-likeness (QED) is 0.570. The van der Waals surface area contributed by atoms with Crippen LogP contribution in [0.2, 0.25) is 0 Å². The van der Waals surface area contributed by atoms with Crippen molar-refractivity contribution in [3.8, 4) is 0 Å². The number of rotatable bonds is 6. The number of hydrogen-bond acceptors (Lipinski definition) is 6. The fraction of sp³-hybridized carbons (Fsp3) is 0.250. The Kier molecular flexibility index (Phi) is 5.54. The summed E-state index contributed by atoms with van der Waals surface area (Å²) in [4.78, 5) is 36.3. The molecule has 0 fully saturated rings. The van der Waals surface area contributed by atoms with E-state index < -0.39 is 28.4 Å². The number of ether oxygens (including phenoxy) is 1. The van der Waals surface area contributed by atoms with Gasteiger partial charge in [0.2, 0.25) is 15.9 Å². The summed E-state index contributed by atoms with van der Waals surface area (Å²) in [5.41, 5.74) is 1.87. The van der Waals surface area contributed by atoms with Gasteiger partial charge in [-0.15, -0.1) is 0 Å². The number of sulfonamides is 1. The van der Waals surface area contributed by atoms with Gasteiger partial charge in [-0.05, 0) is 55.0 Å². The van der Waals surface area contributed by atoms with E-state index in [1.54, 1.807) is 25.1 Å². The number of carbonyl (C=O) groups is 3. The van der Waals surface area contributed by atoms with Gasteiger partial charge in [-0.25, -0.2) is 17.5 Å². The van der Waals surface area contributed by atoms with Crippen molar-refractivity contribution >= 4 is 33.4 Å². The van der Waals surface area contributed by atoms with Crippen LogP contribution in [-0.2, 0) is 19.6 Å². The number of Topliss-reactive ketones (excluding diaryl/α,β-unsaturated/α-hetero) is 1. The fourth-order valence-corrected chi connectivity index (χ4v) is 3.76. The minimum Gasteiger partial charge on any atom is -0.454 e. The lowest BCUT2D eigenvalue weighted by Gasteiger charge is -2.11. The average Bonchev–Trinajstić information content (AvgIpc) is 2.99. The summed E-state index contributed by atoms with van der Waals surface area (Å²) in [5.74, 6) is -1.62. The summed E-state index contributed by atoms with van der Waals surface area (Å²) in [6, 6.07) is 10.1. The standard InChI is InChI=1S/C20H20N2O6S/c1-12-16-10-14(6-9-17(16)21-19(12)24)18(23)11-28-20(25)13-4-7-15(8-5-13)29(26,27)22(2)3/h4-10,12H,11H2,1-3H3,(H,21,24)/t12-/m1/s1. The lowest BCUT2D eigenvalue weighted by Crippen LogP contribution is -2.22. The van der Waals surface area contributed by atoms with Crippen LogP contribution >= 0.6 is 0 Å². The Morgan fingerprint density at radius 3 is 2.31 bits per heavy atom. The first-order chi connectivity index (χ1) is 13.6. The summed E-state index contributed by atoms with van der Waals surface area (Å²) in [6.45, 7) is 1.28. The monoisotopic (exact) mass is 416 g/mol. The molecule has 2 aromatic carbocycles. The molecule has 0 aromatic heterocycles. The molecule has 1 aliphatic rings. The summed E-state index contributed by atoms with van der Waals surface area (Å²) < 4.78 is 30.2. The molecule has 1 N–H and O–H groups in total. The van der Waals surface area contributed by atoms with Crippen LogP contribution in [0.5, 0.6) is 0 Å². The van der Waals surface area contributed by atoms with E-state index in [4.69, 9.17) is 4.74 Å². The van der Waals surface area contributed by atoms with Crippen LogP contribution in [0.4, 0.5) is 5.69 Å². The Labute approximate surface area is 168 Å². The van der Waals surface area contributed by atoms with Gasteiger partial charge >= 0.3 is 5.97 Å². The lowest BCUT2D eigenvalue weighted by atomic mass is 9.99. The molecular formula is C20H20N2O6S. The van der Waals surface area contributed by atoms with Gasteiger partial charge < -0.3 is 10.1 Å². The number of ketones is 1. The number of hydrogen-bond donors (Lipinski definition) is 1. The minimum atomic E-state index is -3.60. The van der Waals surface area contributed by atoms with Crippen LogP contribution in [0.3, 0.4) is 0 Å². The Hall–Kier alpha value is -3.04. The van der Waals surface area contributed by atoms with Crippen molar-refractivity contribution in [3.05, 3.63) is 59.2 Å². The third-order valence-electron chi connectivity index (χ3n) is 4.69. The molecule has 1 aliphatic heterocycles. The molecule has 0 bridgehead atoms. The summed E-state index contributed by atoms with van der Waals surface area (Å²) in [5, 5.41) is 2.73. The SMILES string of the molecule is C[C@H]1C(=O)Nc2ccc(C(=O)COC(=O)c3ccc(S(=O)(=O)N(C)C)cc3)cc21.